The molecule has 5 nitrogen and oxygen atoms in total. The van der Waals surface area contributed by atoms with Gasteiger partial charge in [-0.1, -0.05) is 22.0 Å². The average molecular weight is 355 g/mol. The minimum Gasteiger partial charge on any atom is -0.478 e. The summed E-state index contributed by atoms with van der Waals surface area (Å²) in [5, 5.41) is 11.9. The van der Waals surface area contributed by atoms with Gasteiger partial charge in [0.2, 0.25) is 5.91 Å². The van der Waals surface area contributed by atoms with Gasteiger partial charge >= 0.3 is 5.97 Å². The number of benzene rings is 1. The van der Waals surface area contributed by atoms with Gasteiger partial charge in [-0.05, 0) is 30.5 Å². The number of halogens is 1. The van der Waals surface area contributed by atoms with Crippen molar-refractivity contribution in [3.8, 4) is 0 Å². The van der Waals surface area contributed by atoms with Crippen LogP contribution in [0.4, 0.5) is 0 Å². The van der Waals surface area contributed by atoms with Crippen LogP contribution in [0.15, 0.2) is 22.7 Å². The number of aromatic carboxylic acids is 1. The number of carbonyl (C=O) groups is 2. The second-order valence-corrected chi connectivity index (χ2v) is 6.22. The molecule has 0 bridgehead atoms. The van der Waals surface area contributed by atoms with Crippen molar-refractivity contribution in [3.63, 3.8) is 0 Å². The molecule has 0 atom stereocenters. The number of nitrogens with zero attached hydrogens (tertiary/aromatic N) is 1. The Hall–Kier alpha value is -1.40. The molecule has 0 aromatic heterocycles. The second-order valence-electron chi connectivity index (χ2n) is 5.36. The lowest BCUT2D eigenvalue weighted by Gasteiger charge is -2.32. The summed E-state index contributed by atoms with van der Waals surface area (Å²) in [5.74, 6) is -0.890. The maximum atomic E-state index is 11.0. The fraction of sp³-hybridized carbons (Fsp3) is 0.467. The van der Waals surface area contributed by atoms with Gasteiger partial charge in [-0.3, -0.25) is 9.69 Å². The molecule has 6 heteroatoms. The molecule has 0 aliphatic carbocycles. The number of amides is 1. The molecule has 0 spiro atoms. The Bertz CT molecular complexity index is 540. The first-order chi connectivity index (χ1) is 9.95. The van der Waals surface area contributed by atoms with Gasteiger partial charge in [0.25, 0.3) is 0 Å². The molecular formula is C15H19BrN2O3. The average Bonchev–Trinajstić information content (AvgIpc) is 2.42. The number of nitrogens with one attached hydrogen (secondary N) is 1. The van der Waals surface area contributed by atoms with Crippen LogP contribution in [0.5, 0.6) is 0 Å². The molecule has 1 heterocycles. The van der Waals surface area contributed by atoms with Crippen LogP contribution in [0.25, 0.3) is 0 Å². The molecule has 2 N–H and O–H groups in total. The SMILES string of the molecule is CC(=O)NC1CCN(Cc2ccc(C(=O)O)cc2Br)CC1. The molecule has 2 rings (SSSR count). The van der Waals surface area contributed by atoms with Crippen molar-refractivity contribution in [2.75, 3.05) is 13.1 Å². The van der Waals surface area contributed by atoms with Crippen molar-refractivity contribution in [1.82, 2.24) is 10.2 Å². The van der Waals surface area contributed by atoms with E-state index in [9.17, 15) is 9.59 Å². The molecule has 1 aliphatic heterocycles. The summed E-state index contributed by atoms with van der Waals surface area (Å²) in [6.07, 6.45) is 1.90. The Balaban J connectivity index is 1.91. The fourth-order valence-corrected chi connectivity index (χ4v) is 3.08. The topological polar surface area (TPSA) is 69.6 Å². The predicted octanol–water partition coefficient (Wildman–Crippen LogP) is 2.25. The second kappa shape index (κ2) is 7.04. The van der Waals surface area contributed by atoms with Crippen LogP contribution in [0.2, 0.25) is 0 Å². The quantitative estimate of drug-likeness (QED) is 0.869. The smallest absolute Gasteiger partial charge is 0.335 e. The van der Waals surface area contributed by atoms with Crippen LogP contribution in [-0.2, 0) is 11.3 Å². The van der Waals surface area contributed by atoms with Gasteiger partial charge in [0, 0.05) is 37.1 Å². The van der Waals surface area contributed by atoms with Crippen molar-refractivity contribution < 1.29 is 14.7 Å². The standard InChI is InChI=1S/C15H19BrN2O3/c1-10(19)17-13-4-6-18(7-5-13)9-12-3-2-11(15(20)21)8-14(12)16/h2-3,8,13H,4-7,9H2,1H3,(H,17,19)(H,20,21). The van der Waals surface area contributed by atoms with Crippen molar-refractivity contribution in [1.29, 1.82) is 0 Å². The number of carboxylic acids is 1. The van der Waals surface area contributed by atoms with Gasteiger partial charge in [-0.15, -0.1) is 0 Å². The zero-order valence-electron chi connectivity index (χ0n) is 11.9. The molecule has 21 heavy (non-hydrogen) atoms. The van der Waals surface area contributed by atoms with Gasteiger partial charge in [-0.25, -0.2) is 4.79 Å². The van der Waals surface area contributed by atoms with Gasteiger partial charge in [0.05, 0.1) is 5.56 Å². The first-order valence-corrected chi connectivity index (χ1v) is 7.76. The molecule has 0 unspecified atom stereocenters. The maximum absolute atomic E-state index is 11.0. The highest BCUT2D eigenvalue weighted by Crippen LogP contribution is 2.22. The number of hydrogen-bond donors (Lipinski definition) is 2. The van der Waals surface area contributed by atoms with Crippen LogP contribution in [0.3, 0.4) is 0 Å². The van der Waals surface area contributed by atoms with E-state index < -0.39 is 5.97 Å². The van der Waals surface area contributed by atoms with Gasteiger partial charge < -0.3 is 10.4 Å². The van der Waals surface area contributed by atoms with E-state index in [0.717, 1.165) is 42.5 Å². The lowest BCUT2D eigenvalue weighted by molar-refractivity contribution is -0.120. The van der Waals surface area contributed by atoms with Gasteiger partial charge in [0.1, 0.15) is 0 Å². The van der Waals surface area contributed by atoms with Crippen molar-refractivity contribution in [2.45, 2.75) is 32.4 Å². The first kappa shape index (κ1) is 16.0. The third-order valence-corrected chi connectivity index (χ3v) is 4.43. The van der Waals surface area contributed by atoms with Gasteiger partial charge in [-0.2, -0.15) is 0 Å². The maximum Gasteiger partial charge on any atom is 0.335 e. The summed E-state index contributed by atoms with van der Waals surface area (Å²) in [6.45, 7) is 4.19. The Morgan fingerprint density at radius 2 is 2.05 bits per heavy atom. The number of rotatable bonds is 4. The van der Waals surface area contributed by atoms with E-state index in [0.29, 0.717) is 0 Å². The van der Waals surface area contributed by atoms with Crippen molar-refractivity contribution in [2.24, 2.45) is 0 Å². The summed E-state index contributed by atoms with van der Waals surface area (Å²) in [5.41, 5.74) is 1.37. The molecular weight excluding hydrogens is 336 g/mol. The van der Waals surface area contributed by atoms with E-state index in [1.807, 2.05) is 6.07 Å². The molecule has 114 valence electrons. The zero-order chi connectivity index (χ0) is 15.4. The molecule has 0 radical (unpaired) electrons. The van der Waals surface area contributed by atoms with E-state index >= 15 is 0 Å². The van der Waals surface area contributed by atoms with E-state index in [-0.39, 0.29) is 17.5 Å². The highest BCUT2D eigenvalue weighted by molar-refractivity contribution is 9.10. The number of hydrogen-bond acceptors (Lipinski definition) is 3. The third-order valence-electron chi connectivity index (χ3n) is 3.69. The Morgan fingerprint density at radius 1 is 1.38 bits per heavy atom. The minimum atomic E-state index is -0.918. The van der Waals surface area contributed by atoms with Crippen LogP contribution in [-0.4, -0.2) is 41.0 Å². The van der Waals surface area contributed by atoms with E-state index in [1.165, 1.54) is 0 Å². The third kappa shape index (κ3) is 4.54. The van der Waals surface area contributed by atoms with Crippen LogP contribution >= 0.6 is 15.9 Å². The van der Waals surface area contributed by atoms with Crippen LogP contribution < -0.4 is 5.32 Å². The van der Waals surface area contributed by atoms with Crippen molar-refractivity contribution in [3.05, 3.63) is 33.8 Å². The Morgan fingerprint density at radius 3 is 2.57 bits per heavy atom. The summed E-state index contributed by atoms with van der Waals surface area (Å²) in [6, 6.07) is 5.40. The largest absolute Gasteiger partial charge is 0.478 e. The number of likely N-dealkylation sites (tertiary alicyclic amines) is 1. The van der Waals surface area contributed by atoms with E-state index in [4.69, 9.17) is 5.11 Å². The zero-order valence-corrected chi connectivity index (χ0v) is 13.5. The summed E-state index contributed by atoms with van der Waals surface area (Å²) in [7, 11) is 0. The van der Waals surface area contributed by atoms with Crippen LogP contribution in [0, 0.1) is 0 Å². The Kier molecular flexibility index (Phi) is 5.36. The summed E-state index contributed by atoms with van der Waals surface area (Å²) >= 11 is 3.44. The molecule has 1 aliphatic rings. The van der Waals surface area contributed by atoms with Crippen LogP contribution in [0.1, 0.15) is 35.7 Å². The fourth-order valence-electron chi connectivity index (χ4n) is 2.57. The lowest BCUT2D eigenvalue weighted by atomic mass is 10.0. The number of piperidine rings is 1. The number of carboxylic acid groups (broad SMARTS) is 1. The number of carbonyl (C=O) groups excluding carboxylic acids is 1. The molecule has 1 aromatic rings. The predicted molar refractivity (Wildman–Crippen MR) is 83.2 cm³/mol. The highest BCUT2D eigenvalue weighted by Gasteiger charge is 2.20. The minimum absolute atomic E-state index is 0.0282. The van der Waals surface area contributed by atoms with Gasteiger partial charge in [0.15, 0.2) is 0 Å². The molecule has 1 fully saturated rings. The molecule has 1 aromatic carbocycles. The van der Waals surface area contributed by atoms with Crippen molar-refractivity contribution >= 4 is 27.8 Å². The normalized spacial score (nSPS) is 16.7. The highest BCUT2D eigenvalue weighted by atomic mass is 79.9. The Labute approximate surface area is 132 Å². The van der Waals surface area contributed by atoms with E-state index in [1.54, 1.807) is 19.1 Å². The molecule has 1 saturated heterocycles. The monoisotopic (exact) mass is 354 g/mol. The lowest BCUT2D eigenvalue weighted by Crippen LogP contribution is -2.43. The van der Waals surface area contributed by atoms with E-state index in [2.05, 4.69) is 26.1 Å². The molecule has 1 amide bonds. The first-order valence-electron chi connectivity index (χ1n) is 6.97. The molecule has 0 saturated carbocycles. The summed E-state index contributed by atoms with van der Waals surface area (Å²) < 4.78 is 0.825. The summed E-state index contributed by atoms with van der Waals surface area (Å²) in [4.78, 5) is 24.3.